The standard InChI is InChI=1S/C18H16FN7O2S/c1-11-15(29-24-23-11)17(27)20-5-6-26-16-14(8-22-26)18(28)25(10-21-16)9-12-3-2-4-13(19)7-12/h2-4,7-8,10H,5-6,9H2,1H3,(H,20,27). The largest absolute Gasteiger partial charge is 0.349 e. The summed E-state index contributed by atoms with van der Waals surface area (Å²) in [6.45, 7) is 2.59. The van der Waals surface area contributed by atoms with Crippen molar-refractivity contribution in [3.63, 3.8) is 0 Å². The lowest BCUT2D eigenvalue weighted by molar-refractivity contribution is 0.0955. The topological polar surface area (TPSA) is 108 Å². The Morgan fingerprint density at radius 3 is 2.97 bits per heavy atom. The van der Waals surface area contributed by atoms with Gasteiger partial charge in [0.15, 0.2) is 5.65 Å². The lowest BCUT2D eigenvalue weighted by Crippen LogP contribution is -2.27. The van der Waals surface area contributed by atoms with E-state index in [9.17, 15) is 14.0 Å². The van der Waals surface area contributed by atoms with Gasteiger partial charge in [0.05, 0.1) is 25.0 Å². The van der Waals surface area contributed by atoms with E-state index in [0.29, 0.717) is 40.3 Å². The van der Waals surface area contributed by atoms with Crippen molar-refractivity contribution in [2.24, 2.45) is 0 Å². The maximum Gasteiger partial charge on any atom is 0.265 e. The fraction of sp³-hybridized carbons (Fsp3) is 0.222. The van der Waals surface area contributed by atoms with Gasteiger partial charge in [0.1, 0.15) is 22.4 Å². The zero-order valence-corrected chi connectivity index (χ0v) is 16.2. The molecule has 0 aliphatic rings. The van der Waals surface area contributed by atoms with Crippen LogP contribution in [0.4, 0.5) is 4.39 Å². The Kier molecular flexibility index (Phi) is 5.12. The zero-order valence-electron chi connectivity index (χ0n) is 15.4. The van der Waals surface area contributed by atoms with Gasteiger partial charge in [0.2, 0.25) is 0 Å². The average molecular weight is 413 g/mol. The van der Waals surface area contributed by atoms with Crippen LogP contribution in [0.1, 0.15) is 20.9 Å². The Balaban J connectivity index is 1.48. The van der Waals surface area contributed by atoms with Crippen LogP contribution < -0.4 is 10.9 Å². The molecule has 148 valence electrons. The van der Waals surface area contributed by atoms with Crippen molar-refractivity contribution >= 4 is 28.5 Å². The minimum atomic E-state index is -0.358. The van der Waals surface area contributed by atoms with Gasteiger partial charge in [-0.3, -0.25) is 14.2 Å². The molecule has 4 aromatic rings. The summed E-state index contributed by atoms with van der Waals surface area (Å²) in [7, 11) is 0. The van der Waals surface area contributed by atoms with Gasteiger partial charge in [-0.05, 0) is 36.2 Å². The Hall–Kier alpha value is -3.47. The quantitative estimate of drug-likeness (QED) is 0.512. The Morgan fingerprint density at radius 1 is 1.34 bits per heavy atom. The van der Waals surface area contributed by atoms with E-state index in [4.69, 9.17) is 0 Å². The Labute approximate surface area is 168 Å². The fourth-order valence-corrected chi connectivity index (χ4v) is 3.47. The number of carbonyl (C=O) groups excluding carboxylic acids is 1. The SMILES string of the molecule is Cc1nnsc1C(=O)NCCn1ncc2c(=O)n(Cc3cccc(F)c3)cnc21. The van der Waals surface area contributed by atoms with Crippen molar-refractivity contribution in [2.75, 3.05) is 6.54 Å². The maximum atomic E-state index is 13.4. The molecule has 0 saturated heterocycles. The molecular weight excluding hydrogens is 397 g/mol. The summed E-state index contributed by atoms with van der Waals surface area (Å²) >= 11 is 1.04. The number of benzene rings is 1. The van der Waals surface area contributed by atoms with E-state index in [1.807, 2.05) is 0 Å². The molecule has 1 aromatic carbocycles. The van der Waals surface area contributed by atoms with E-state index in [-0.39, 0.29) is 23.8 Å². The van der Waals surface area contributed by atoms with E-state index in [2.05, 4.69) is 25.0 Å². The molecule has 0 aliphatic heterocycles. The molecule has 3 aromatic heterocycles. The van der Waals surface area contributed by atoms with Crippen LogP contribution in [0.5, 0.6) is 0 Å². The van der Waals surface area contributed by atoms with Gasteiger partial charge in [-0.15, -0.1) is 5.10 Å². The van der Waals surface area contributed by atoms with Crippen molar-refractivity contribution < 1.29 is 9.18 Å². The number of aromatic nitrogens is 6. The van der Waals surface area contributed by atoms with Crippen LogP contribution >= 0.6 is 11.5 Å². The number of aryl methyl sites for hydroxylation is 1. The minimum absolute atomic E-state index is 0.211. The first-order valence-corrected chi connectivity index (χ1v) is 9.53. The molecule has 0 saturated carbocycles. The predicted octanol–water partition coefficient (Wildman–Crippen LogP) is 1.37. The van der Waals surface area contributed by atoms with Crippen LogP contribution in [-0.2, 0) is 13.1 Å². The summed E-state index contributed by atoms with van der Waals surface area (Å²) in [4.78, 5) is 29.6. The highest BCUT2D eigenvalue weighted by molar-refractivity contribution is 7.07. The number of nitrogens with zero attached hydrogens (tertiary/aromatic N) is 6. The van der Waals surface area contributed by atoms with Crippen molar-refractivity contribution in [3.8, 4) is 0 Å². The molecule has 1 N–H and O–H groups in total. The number of fused-ring (bicyclic) bond motifs is 1. The molecule has 0 unspecified atom stereocenters. The summed E-state index contributed by atoms with van der Waals surface area (Å²) in [5.41, 5.74) is 1.41. The van der Waals surface area contributed by atoms with Crippen LogP contribution in [0.2, 0.25) is 0 Å². The molecule has 1 amide bonds. The van der Waals surface area contributed by atoms with Gasteiger partial charge in [-0.2, -0.15) is 5.10 Å². The minimum Gasteiger partial charge on any atom is -0.349 e. The third-order valence-corrected chi connectivity index (χ3v) is 5.16. The highest BCUT2D eigenvalue weighted by Crippen LogP contribution is 2.10. The van der Waals surface area contributed by atoms with Gasteiger partial charge in [0.25, 0.3) is 11.5 Å². The van der Waals surface area contributed by atoms with Gasteiger partial charge in [-0.1, -0.05) is 16.6 Å². The predicted molar refractivity (Wildman–Crippen MR) is 104 cm³/mol. The summed E-state index contributed by atoms with van der Waals surface area (Å²) in [5, 5.41) is 11.2. The first kappa shape index (κ1) is 18.9. The van der Waals surface area contributed by atoms with E-state index in [1.54, 1.807) is 23.7 Å². The molecule has 4 rings (SSSR count). The van der Waals surface area contributed by atoms with Crippen LogP contribution in [0.3, 0.4) is 0 Å². The summed E-state index contributed by atoms with van der Waals surface area (Å²) in [6.07, 6.45) is 2.87. The normalized spacial score (nSPS) is 11.1. The van der Waals surface area contributed by atoms with Crippen molar-refractivity contribution in [1.29, 1.82) is 0 Å². The molecule has 0 fully saturated rings. The molecule has 3 heterocycles. The molecule has 0 atom stereocenters. The number of halogens is 1. The second-order valence-electron chi connectivity index (χ2n) is 6.36. The first-order chi connectivity index (χ1) is 14.0. The smallest absolute Gasteiger partial charge is 0.265 e. The number of amides is 1. The molecule has 11 heteroatoms. The average Bonchev–Trinajstić information content (AvgIpc) is 3.31. The molecule has 0 radical (unpaired) electrons. The van der Waals surface area contributed by atoms with E-state index >= 15 is 0 Å². The van der Waals surface area contributed by atoms with E-state index in [1.165, 1.54) is 29.2 Å². The lowest BCUT2D eigenvalue weighted by Gasteiger charge is -2.07. The molecule has 9 nitrogen and oxygen atoms in total. The Bertz CT molecular complexity index is 1250. The number of nitrogens with one attached hydrogen (secondary N) is 1. The van der Waals surface area contributed by atoms with Gasteiger partial charge in [0, 0.05) is 6.54 Å². The zero-order chi connectivity index (χ0) is 20.4. The van der Waals surface area contributed by atoms with Crippen molar-refractivity contribution in [1.82, 2.24) is 34.2 Å². The fourth-order valence-electron chi connectivity index (χ4n) is 2.90. The molecule has 0 spiro atoms. The summed E-state index contributed by atoms with van der Waals surface area (Å²) in [5.74, 6) is -0.608. The van der Waals surface area contributed by atoms with Crippen LogP contribution in [-0.4, -0.2) is 41.4 Å². The third kappa shape index (κ3) is 3.90. The van der Waals surface area contributed by atoms with Gasteiger partial charge >= 0.3 is 0 Å². The molecule has 0 aliphatic carbocycles. The highest BCUT2D eigenvalue weighted by atomic mass is 32.1. The van der Waals surface area contributed by atoms with Crippen molar-refractivity contribution in [3.05, 3.63) is 69.1 Å². The maximum absolute atomic E-state index is 13.4. The third-order valence-electron chi connectivity index (χ3n) is 4.33. The first-order valence-electron chi connectivity index (χ1n) is 8.75. The number of hydrogen-bond acceptors (Lipinski definition) is 7. The number of carbonyl (C=O) groups is 1. The van der Waals surface area contributed by atoms with Crippen LogP contribution in [0.25, 0.3) is 11.0 Å². The van der Waals surface area contributed by atoms with E-state index < -0.39 is 0 Å². The Morgan fingerprint density at radius 2 is 2.21 bits per heavy atom. The van der Waals surface area contributed by atoms with E-state index in [0.717, 1.165) is 11.5 Å². The molecule has 0 bridgehead atoms. The summed E-state index contributed by atoms with van der Waals surface area (Å²) in [6, 6.07) is 6.07. The second kappa shape index (κ2) is 7.87. The van der Waals surface area contributed by atoms with Crippen molar-refractivity contribution in [2.45, 2.75) is 20.0 Å². The van der Waals surface area contributed by atoms with Crippen LogP contribution in [0.15, 0.2) is 41.6 Å². The monoisotopic (exact) mass is 413 g/mol. The van der Waals surface area contributed by atoms with Gasteiger partial charge < -0.3 is 5.32 Å². The summed E-state index contributed by atoms with van der Waals surface area (Å²) < 4.78 is 20.1. The van der Waals surface area contributed by atoms with Gasteiger partial charge in [-0.25, -0.2) is 14.1 Å². The number of rotatable bonds is 6. The molecule has 29 heavy (non-hydrogen) atoms. The number of hydrogen-bond donors (Lipinski definition) is 1. The highest BCUT2D eigenvalue weighted by Gasteiger charge is 2.14. The second-order valence-corrected chi connectivity index (χ2v) is 7.11. The van der Waals surface area contributed by atoms with Crippen LogP contribution in [0, 0.1) is 12.7 Å². The molecular formula is C18H16FN7O2S. The lowest BCUT2D eigenvalue weighted by atomic mass is 10.2.